The van der Waals surface area contributed by atoms with Gasteiger partial charge in [-0.15, -0.1) is 0 Å². The first-order valence-electron chi connectivity index (χ1n) is 4.85. The highest BCUT2D eigenvalue weighted by Gasteiger charge is 2.35. The van der Waals surface area contributed by atoms with Gasteiger partial charge in [0.15, 0.2) is 0 Å². The molecule has 0 aliphatic carbocycles. The summed E-state index contributed by atoms with van der Waals surface area (Å²) in [6.45, 7) is 1.78. The highest BCUT2D eigenvalue weighted by atomic mass is 19.1. The van der Waals surface area contributed by atoms with E-state index in [0.717, 1.165) is 12.1 Å². The molecule has 86 valence electrons. The molecule has 1 atom stereocenters. The van der Waals surface area contributed by atoms with E-state index < -0.39 is 17.2 Å². The SMILES string of the molecule is CC1(c2ccc(F)cc2F)COCC(=O)N1. The zero-order valence-electron chi connectivity index (χ0n) is 8.72. The second-order valence-corrected chi connectivity index (χ2v) is 4.00. The number of carbonyl (C=O) groups excluding carboxylic acids is 1. The molecule has 3 nitrogen and oxygen atoms in total. The Labute approximate surface area is 91.4 Å². The minimum atomic E-state index is -0.937. The van der Waals surface area contributed by atoms with E-state index in [4.69, 9.17) is 4.74 Å². The molecule has 1 aromatic carbocycles. The summed E-state index contributed by atoms with van der Waals surface area (Å²) in [5.74, 6) is -1.64. The lowest BCUT2D eigenvalue weighted by Gasteiger charge is -2.34. The largest absolute Gasteiger partial charge is 0.369 e. The van der Waals surface area contributed by atoms with Gasteiger partial charge in [-0.05, 0) is 13.0 Å². The molecule has 5 heteroatoms. The fourth-order valence-electron chi connectivity index (χ4n) is 1.81. The molecule has 1 fully saturated rings. The molecular formula is C11H11F2NO2. The van der Waals surface area contributed by atoms with Crippen molar-refractivity contribution < 1.29 is 18.3 Å². The third-order valence-corrected chi connectivity index (χ3v) is 2.56. The summed E-state index contributed by atoms with van der Waals surface area (Å²) in [5, 5.41) is 2.64. The third-order valence-electron chi connectivity index (χ3n) is 2.56. The summed E-state index contributed by atoms with van der Waals surface area (Å²) in [6.07, 6.45) is 0. The topological polar surface area (TPSA) is 38.3 Å². The number of ether oxygens (including phenoxy) is 1. The second-order valence-electron chi connectivity index (χ2n) is 4.00. The van der Waals surface area contributed by atoms with Crippen molar-refractivity contribution in [3.63, 3.8) is 0 Å². The summed E-state index contributed by atoms with van der Waals surface area (Å²) in [6, 6.07) is 3.27. The molecule has 1 N–H and O–H groups in total. The minimum absolute atomic E-state index is 0.0294. The van der Waals surface area contributed by atoms with Gasteiger partial charge in [0.1, 0.15) is 18.2 Å². The number of carbonyl (C=O) groups is 1. The first-order chi connectivity index (χ1) is 7.51. The number of rotatable bonds is 1. The molecule has 1 aliphatic heterocycles. The van der Waals surface area contributed by atoms with Crippen LogP contribution < -0.4 is 5.32 Å². The zero-order valence-corrected chi connectivity index (χ0v) is 8.72. The van der Waals surface area contributed by atoms with Crippen LogP contribution in [0.25, 0.3) is 0 Å². The molecule has 1 aromatic rings. The summed E-state index contributed by atoms with van der Waals surface area (Å²) >= 11 is 0. The van der Waals surface area contributed by atoms with Crippen LogP contribution in [0.1, 0.15) is 12.5 Å². The van der Waals surface area contributed by atoms with Crippen molar-refractivity contribution in [3.8, 4) is 0 Å². The van der Waals surface area contributed by atoms with Crippen LogP contribution in [0.5, 0.6) is 0 Å². The van der Waals surface area contributed by atoms with Crippen LogP contribution >= 0.6 is 0 Å². The van der Waals surface area contributed by atoms with E-state index in [1.807, 2.05) is 0 Å². The fraction of sp³-hybridized carbons (Fsp3) is 0.364. The van der Waals surface area contributed by atoms with E-state index >= 15 is 0 Å². The van der Waals surface area contributed by atoms with Gasteiger partial charge in [0.2, 0.25) is 5.91 Å². The third kappa shape index (κ3) is 1.90. The first kappa shape index (κ1) is 11.0. The maximum atomic E-state index is 13.6. The summed E-state index contributed by atoms with van der Waals surface area (Å²) in [7, 11) is 0. The van der Waals surface area contributed by atoms with Gasteiger partial charge in [-0.3, -0.25) is 4.79 Å². The molecule has 1 aliphatic rings. The number of hydrogen-bond donors (Lipinski definition) is 1. The lowest BCUT2D eigenvalue weighted by molar-refractivity contribution is -0.135. The molecule has 0 saturated carbocycles. The molecule has 0 aromatic heterocycles. The number of morpholine rings is 1. The Morgan fingerprint density at radius 1 is 1.44 bits per heavy atom. The van der Waals surface area contributed by atoms with E-state index in [0.29, 0.717) is 0 Å². The molecule has 2 rings (SSSR count). The van der Waals surface area contributed by atoms with Crippen molar-refractivity contribution >= 4 is 5.91 Å². The molecule has 0 spiro atoms. The molecule has 1 heterocycles. The first-order valence-corrected chi connectivity index (χ1v) is 4.85. The highest BCUT2D eigenvalue weighted by Crippen LogP contribution is 2.26. The molecule has 16 heavy (non-hydrogen) atoms. The maximum absolute atomic E-state index is 13.6. The van der Waals surface area contributed by atoms with Crippen LogP contribution in [-0.4, -0.2) is 19.1 Å². The lowest BCUT2D eigenvalue weighted by atomic mass is 9.91. The van der Waals surface area contributed by atoms with Crippen LogP contribution in [-0.2, 0) is 15.1 Å². The quantitative estimate of drug-likeness (QED) is 0.786. The van der Waals surface area contributed by atoms with Crippen molar-refractivity contribution in [2.75, 3.05) is 13.2 Å². The van der Waals surface area contributed by atoms with Gasteiger partial charge in [-0.25, -0.2) is 8.78 Å². The van der Waals surface area contributed by atoms with Crippen molar-refractivity contribution in [3.05, 3.63) is 35.4 Å². The Balaban J connectivity index is 2.38. The standard InChI is InChI=1S/C11H11F2NO2/c1-11(6-16-5-10(15)14-11)8-3-2-7(12)4-9(8)13/h2-4H,5-6H2,1H3,(H,14,15). The maximum Gasteiger partial charge on any atom is 0.246 e. The Morgan fingerprint density at radius 3 is 2.81 bits per heavy atom. The fourth-order valence-corrected chi connectivity index (χ4v) is 1.81. The van der Waals surface area contributed by atoms with Gasteiger partial charge in [-0.2, -0.15) is 0 Å². The van der Waals surface area contributed by atoms with E-state index in [1.165, 1.54) is 6.07 Å². The van der Waals surface area contributed by atoms with Crippen LogP contribution in [0.3, 0.4) is 0 Å². The average Bonchev–Trinajstić information content (AvgIpc) is 2.16. The Morgan fingerprint density at radius 2 is 2.19 bits per heavy atom. The molecule has 0 radical (unpaired) electrons. The van der Waals surface area contributed by atoms with E-state index in [2.05, 4.69) is 5.32 Å². The van der Waals surface area contributed by atoms with Crippen LogP contribution in [0.15, 0.2) is 18.2 Å². The zero-order chi connectivity index (χ0) is 11.8. The number of hydrogen-bond acceptors (Lipinski definition) is 2. The number of benzene rings is 1. The highest BCUT2D eigenvalue weighted by molar-refractivity contribution is 5.79. The van der Waals surface area contributed by atoms with Crippen LogP contribution in [0.4, 0.5) is 8.78 Å². The van der Waals surface area contributed by atoms with Crippen molar-refractivity contribution in [2.24, 2.45) is 0 Å². The molecule has 1 saturated heterocycles. The Bertz CT molecular complexity index is 436. The van der Waals surface area contributed by atoms with E-state index in [9.17, 15) is 13.6 Å². The monoisotopic (exact) mass is 227 g/mol. The number of amides is 1. The van der Waals surface area contributed by atoms with Crippen molar-refractivity contribution in [2.45, 2.75) is 12.5 Å². The summed E-state index contributed by atoms with van der Waals surface area (Å²) < 4.78 is 31.4. The van der Waals surface area contributed by atoms with Gasteiger partial charge in [0.05, 0.1) is 12.1 Å². The van der Waals surface area contributed by atoms with Gasteiger partial charge < -0.3 is 10.1 Å². The minimum Gasteiger partial charge on any atom is -0.369 e. The van der Waals surface area contributed by atoms with Gasteiger partial charge in [0.25, 0.3) is 0 Å². The molecule has 1 amide bonds. The molecule has 1 unspecified atom stereocenters. The van der Waals surface area contributed by atoms with Crippen molar-refractivity contribution in [1.82, 2.24) is 5.32 Å². The van der Waals surface area contributed by atoms with E-state index in [-0.39, 0.29) is 24.7 Å². The summed E-state index contributed by atoms with van der Waals surface area (Å²) in [4.78, 5) is 11.2. The average molecular weight is 227 g/mol. The van der Waals surface area contributed by atoms with Gasteiger partial charge in [-0.1, -0.05) is 6.07 Å². The second kappa shape index (κ2) is 3.83. The van der Waals surface area contributed by atoms with Crippen LogP contribution in [0.2, 0.25) is 0 Å². The Hall–Kier alpha value is -1.49. The normalized spacial score (nSPS) is 25.3. The molecular weight excluding hydrogens is 216 g/mol. The predicted molar refractivity (Wildman–Crippen MR) is 52.7 cm³/mol. The molecule has 0 bridgehead atoms. The van der Waals surface area contributed by atoms with Gasteiger partial charge >= 0.3 is 0 Å². The number of halogens is 2. The van der Waals surface area contributed by atoms with Crippen molar-refractivity contribution in [1.29, 1.82) is 0 Å². The lowest BCUT2D eigenvalue weighted by Crippen LogP contribution is -2.53. The van der Waals surface area contributed by atoms with Gasteiger partial charge in [0, 0.05) is 11.6 Å². The van der Waals surface area contributed by atoms with E-state index in [1.54, 1.807) is 6.92 Å². The summed E-state index contributed by atoms with van der Waals surface area (Å²) in [5.41, 5.74) is -0.713. The predicted octanol–water partition coefficient (Wildman–Crippen LogP) is 1.33. The number of nitrogens with one attached hydrogen (secondary N) is 1. The smallest absolute Gasteiger partial charge is 0.246 e. The van der Waals surface area contributed by atoms with Crippen LogP contribution in [0, 0.1) is 11.6 Å². The Kier molecular flexibility index (Phi) is 2.63.